The number of carbonyl (C=O) groups is 1. The molecule has 9 heteroatoms. The summed E-state index contributed by atoms with van der Waals surface area (Å²) in [5.74, 6) is 0.466. The zero-order valence-corrected chi connectivity index (χ0v) is 15.0. The smallest absolute Gasteiger partial charge is 0.218 e. The van der Waals surface area contributed by atoms with Crippen molar-refractivity contribution in [1.82, 2.24) is 0 Å². The van der Waals surface area contributed by atoms with Crippen molar-refractivity contribution in [3.8, 4) is 0 Å². The maximum absolute atomic E-state index is 11.8. The van der Waals surface area contributed by atoms with Crippen molar-refractivity contribution < 1.29 is 36.9 Å². The quantitative estimate of drug-likeness (QED) is 0.357. The van der Waals surface area contributed by atoms with Gasteiger partial charge in [0.15, 0.2) is 0 Å². The first-order valence-electron chi connectivity index (χ1n) is 8.91. The summed E-state index contributed by atoms with van der Waals surface area (Å²) in [6, 6.07) is 0. The minimum atomic E-state index is -4.97. The standard InChI is InChI=1S/C16H28O8S/c17-12-9-14(19)16(24-25(20,21)22)15(10-12)23-8-4-3-6-11-5-1-2-7-13(11)18/h11-12,14-17,19H,1-10H2,(H,20,21,22)/p-1/t11?,12-,14-,15-,16-/m1/s1. The number of unbranched alkanes of at least 4 members (excludes halogenated alkanes) is 1. The Bertz CT molecular complexity index is 534. The largest absolute Gasteiger partial charge is 0.726 e. The lowest BCUT2D eigenvalue weighted by Gasteiger charge is -2.37. The van der Waals surface area contributed by atoms with Gasteiger partial charge in [0.05, 0.1) is 18.3 Å². The minimum Gasteiger partial charge on any atom is -0.726 e. The van der Waals surface area contributed by atoms with Crippen LogP contribution in [0.3, 0.4) is 0 Å². The Kier molecular flexibility index (Phi) is 7.78. The number of ketones is 1. The molecule has 0 saturated heterocycles. The van der Waals surface area contributed by atoms with E-state index in [4.69, 9.17) is 4.74 Å². The molecule has 0 spiro atoms. The van der Waals surface area contributed by atoms with Crippen LogP contribution in [0.1, 0.15) is 57.8 Å². The molecule has 2 fully saturated rings. The molecule has 146 valence electrons. The third-order valence-corrected chi connectivity index (χ3v) is 5.41. The van der Waals surface area contributed by atoms with E-state index in [2.05, 4.69) is 4.18 Å². The van der Waals surface area contributed by atoms with Gasteiger partial charge >= 0.3 is 0 Å². The van der Waals surface area contributed by atoms with Gasteiger partial charge in [-0.15, -0.1) is 0 Å². The molecule has 2 N–H and O–H groups in total. The Morgan fingerprint density at radius 1 is 1.16 bits per heavy atom. The zero-order valence-electron chi connectivity index (χ0n) is 14.2. The summed E-state index contributed by atoms with van der Waals surface area (Å²) in [6.45, 7) is 0.282. The lowest BCUT2D eigenvalue weighted by atomic mass is 9.84. The van der Waals surface area contributed by atoms with Crippen molar-refractivity contribution in [2.24, 2.45) is 5.92 Å². The second-order valence-electron chi connectivity index (χ2n) is 6.98. The first-order valence-corrected chi connectivity index (χ1v) is 10.2. The van der Waals surface area contributed by atoms with Crippen LogP contribution in [0.15, 0.2) is 0 Å². The van der Waals surface area contributed by atoms with Crippen LogP contribution >= 0.6 is 0 Å². The van der Waals surface area contributed by atoms with Gasteiger partial charge in [0, 0.05) is 31.8 Å². The summed E-state index contributed by atoms with van der Waals surface area (Å²) in [5.41, 5.74) is 0. The van der Waals surface area contributed by atoms with Crippen LogP contribution in [0.2, 0.25) is 0 Å². The van der Waals surface area contributed by atoms with Crippen molar-refractivity contribution in [1.29, 1.82) is 0 Å². The summed E-state index contributed by atoms with van der Waals surface area (Å²) in [4.78, 5) is 11.8. The molecule has 25 heavy (non-hydrogen) atoms. The van der Waals surface area contributed by atoms with Crippen LogP contribution in [-0.4, -0.2) is 60.0 Å². The first-order chi connectivity index (χ1) is 11.8. The van der Waals surface area contributed by atoms with Crippen molar-refractivity contribution in [3.05, 3.63) is 0 Å². The number of Topliss-reactive ketones (excluding diaryl/α,β-unsaturated/α-hetero) is 1. The molecule has 0 aromatic rings. The molecule has 2 aliphatic carbocycles. The van der Waals surface area contributed by atoms with E-state index in [9.17, 15) is 28.0 Å². The highest BCUT2D eigenvalue weighted by Crippen LogP contribution is 2.27. The fraction of sp³-hybridized carbons (Fsp3) is 0.938. The van der Waals surface area contributed by atoms with Gasteiger partial charge < -0.3 is 19.5 Å². The lowest BCUT2D eigenvalue weighted by molar-refractivity contribution is -0.131. The normalized spacial score (nSPS) is 34.2. The van der Waals surface area contributed by atoms with Crippen LogP contribution in [0, 0.1) is 5.92 Å². The molecule has 0 aromatic heterocycles. The highest BCUT2D eigenvalue weighted by atomic mass is 32.3. The van der Waals surface area contributed by atoms with E-state index in [-0.39, 0.29) is 25.4 Å². The van der Waals surface area contributed by atoms with Gasteiger partial charge in [-0.1, -0.05) is 12.8 Å². The molecular formula is C16H27O8S-. The molecule has 8 nitrogen and oxygen atoms in total. The molecule has 0 bridgehead atoms. The summed E-state index contributed by atoms with van der Waals surface area (Å²) in [6.07, 6.45) is 1.72. The summed E-state index contributed by atoms with van der Waals surface area (Å²) in [7, 11) is -4.97. The third kappa shape index (κ3) is 6.92. The topological polar surface area (TPSA) is 133 Å². The van der Waals surface area contributed by atoms with Crippen molar-refractivity contribution in [2.75, 3.05) is 6.61 Å². The molecule has 1 unspecified atom stereocenters. The third-order valence-electron chi connectivity index (χ3n) is 4.95. The molecule has 0 radical (unpaired) electrons. The van der Waals surface area contributed by atoms with Crippen molar-refractivity contribution in [2.45, 2.75) is 82.2 Å². The fourth-order valence-electron chi connectivity index (χ4n) is 3.67. The van der Waals surface area contributed by atoms with Crippen molar-refractivity contribution in [3.63, 3.8) is 0 Å². The fourth-order valence-corrected chi connectivity index (χ4v) is 4.20. The second-order valence-corrected chi connectivity index (χ2v) is 7.98. The average Bonchev–Trinajstić information content (AvgIpc) is 2.51. The predicted octanol–water partition coefficient (Wildman–Crippen LogP) is 0.662. The van der Waals surface area contributed by atoms with Crippen LogP contribution in [-0.2, 0) is 24.1 Å². The average molecular weight is 379 g/mol. The molecule has 0 amide bonds. The van der Waals surface area contributed by atoms with Gasteiger partial charge in [-0.25, -0.2) is 8.42 Å². The highest BCUT2D eigenvalue weighted by Gasteiger charge is 2.39. The molecular weight excluding hydrogens is 352 g/mol. The second kappa shape index (κ2) is 9.38. The number of aliphatic hydroxyl groups excluding tert-OH is 2. The molecule has 0 aliphatic heterocycles. The summed E-state index contributed by atoms with van der Waals surface area (Å²) < 4.78 is 42.4. The molecule has 2 aliphatic rings. The first kappa shape index (κ1) is 20.7. The maximum Gasteiger partial charge on any atom is 0.218 e. The molecule has 0 aromatic carbocycles. The Balaban J connectivity index is 1.75. The van der Waals surface area contributed by atoms with Gasteiger partial charge in [-0.3, -0.25) is 8.98 Å². The van der Waals surface area contributed by atoms with E-state index in [0.29, 0.717) is 18.6 Å². The van der Waals surface area contributed by atoms with E-state index in [1.807, 2.05) is 0 Å². The lowest BCUT2D eigenvalue weighted by Crippen LogP contribution is -2.50. The van der Waals surface area contributed by atoms with E-state index < -0.39 is 34.8 Å². The van der Waals surface area contributed by atoms with E-state index in [1.54, 1.807) is 0 Å². The molecule has 2 rings (SSSR count). The van der Waals surface area contributed by atoms with Gasteiger partial charge in [0.25, 0.3) is 0 Å². The van der Waals surface area contributed by atoms with Gasteiger partial charge in [-0.2, -0.15) is 0 Å². The summed E-state index contributed by atoms with van der Waals surface area (Å²) in [5, 5.41) is 19.6. The van der Waals surface area contributed by atoms with Crippen LogP contribution in [0.25, 0.3) is 0 Å². The number of rotatable bonds is 8. The van der Waals surface area contributed by atoms with E-state index >= 15 is 0 Å². The van der Waals surface area contributed by atoms with Crippen LogP contribution < -0.4 is 0 Å². The Hall–Kier alpha value is -0.580. The SMILES string of the molecule is O=C1CCCCC1CCCCO[C@@H]1C[C@H](O)C[C@@H](O)[C@H]1OS(=O)(=O)[O-]. The predicted molar refractivity (Wildman–Crippen MR) is 86.4 cm³/mol. The number of aliphatic hydroxyl groups is 2. The van der Waals surface area contributed by atoms with Crippen molar-refractivity contribution >= 4 is 16.2 Å². The Morgan fingerprint density at radius 2 is 1.92 bits per heavy atom. The zero-order chi connectivity index (χ0) is 18.4. The number of ether oxygens (including phenoxy) is 1. The molecule has 5 atom stereocenters. The van der Waals surface area contributed by atoms with Gasteiger partial charge in [-0.05, 0) is 25.7 Å². The summed E-state index contributed by atoms with van der Waals surface area (Å²) >= 11 is 0. The molecule has 0 heterocycles. The van der Waals surface area contributed by atoms with Crippen LogP contribution in [0.5, 0.6) is 0 Å². The number of hydrogen-bond acceptors (Lipinski definition) is 8. The van der Waals surface area contributed by atoms with Crippen LogP contribution in [0.4, 0.5) is 0 Å². The minimum absolute atomic E-state index is 0.0656. The van der Waals surface area contributed by atoms with Gasteiger partial charge in [0.1, 0.15) is 11.9 Å². The number of carbonyl (C=O) groups excluding carboxylic acids is 1. The molecule has 2 saturated carbocycles. The Morgan fingerprint density at radius 3 is 2.60 bits per heavy atom. The van der Waals surface area contributed by atoms with E-state index in [0.717, 1.165) is 32.1 Å². The number of hydrogen-bond donors (Lipinski definition) is 2. The maximum atomic E-state index is 11.8. The van der Waals surface area contributed by atoms with Gasteiger partial charge in [0.2, 0.25) is 10.4 Å². The van der Waals surface area contributed by atoms with E-state index in [1.165, 1.54) is 0 Å². The monoisotopic (exact) mass is 379 g/mol. The Labute approximate surface area is 148 Å². The highest BCUT2D eigenvalue weighted by molar-refractivity contribution is 7.80.